The maximum atomic E-state index is 11.3. The lowest BCUT2D eigenvalue weighted by molar-refractivity contribution is -0.119. The molecule has 0 radical (unpaired) electrons. The molecule has 234 valence electrons. The first-order valence-electron chi connectivity index (χ1n) is 14.6. The second-order valence-electron chi connectivity index (χ2n) is 11.4. The molecular weight excluding hydrogens is 607 g/mol. The molecule has 3 aromatic rings. The molecular formula is C31H36Cl2N6O5. The lowest BCUT2D eigenvalue weighted by Gasteiger charge is -2.32. The van der Waals surface area contributed by atoms with E-state index in [1.807, 2.05) is 35.2 Å². The van der Waals surface area contributed by atoms with E-state index in [1.54, 1.807) is 25.3 Å². The van der Waals surface area contributed by atoms with Crippen molar-refractivity contribution in [3.8, 4) is 22.9 Å². The zero-order chi connectivity index (χ0) is 31.2. The van der Waals surface area contributed by atoms with E-state index in [4.69, 9.17) is 38.0 Å². The highest BCUT2D eigenvalue weighted by Crippen LogP contribution is 2.31. The molecule has 2 saturated heterocycles. The number of carboxylic acid groups (broad SMARTS) is 1. The molecule has 2 amide bonds. The Morgan fingerprint density at radius 3 is 2.43 bits per heavy atom. The van der Waals surface area contributed by atoms with Crippen molar-refractivity contribution in [2.24, 2.45) is 11.8 Å². The Kier molecular flexibility index (Phi) is 10.4. The molecule has 2 aromatic heterocycles. The van der Waals surface area contributed by atoms with Crippen LogP contribution in [0.5, 0.6) is 11.6 Å². The molecule has 4 heterocycles. The van der Waals surface area contributed by atoms with Gasteiger partial charge in [0.25, 0.3) is 0 Å². The maximum absolute atomic E-state index is 11.3. The molecule has 0 aliphatic carbocycles. The van der Waals surface area contributed by atoms with E-state index in [0.717, 1.165) is 37.1 Å². The van der Waals surface area contributed by atoms with Crippen LogP contribution in [0.4, 0.5) is 10.6 Å². The molecule has 13 heteroatoms. The molecule has 1 aromatic carbocycles. The summed E-state index contributed by atoms with van der Waals surface area (Å²) in [4.78, 5) is 35.7. The highest BCUT2D eigenvalue weighted by atomic mass is 35.5. The van der Waals surface area contributed by atoms with Crippen molar-refractivity contribution in [3.05, 3.63) is 64.3 Å². The van der Waals surface area contributed by atoms with Crippen molar-refractivity contribution in [2.75, 3.05) is 44.2 Å². The molecule has 0 bridgehead atoms. The first kappa shape index (κ1) is 31.8. The van der Waals surface area contributed by atoms with E-state index in [-0.39, 0.29) is 18.4 Å². The van der Waals surface area contributed by atoms with Gasteiger partial charge in [-0.3, -0.25) is 9.69 Å². The number of ether oxygens (including phenoxy) is 1. The summed E-state index contributed by atoms with van der Waals surface area (Å²) in [7, 11) is 0. The molecule has 0 unspecified atom stereocenters. The van der Waals surface area contributed by atoms with Gasteiger partial charge in [0.05, 0.1) is 18.0 Å². The zero-order valence-electron chi connectivity index (χ0n) is 24.4. The van der Waals surface area contributed by atoms with Crippen molar-refractivity contribution in [1.82, 2.24) is 25.5 Å². The van der Waals surface area contributed by atoms with Crippen LogP contribution >= 0.6 is 23.2 Å². The summed E-state index contributed by atoms with van der Waals surface area (Å²) < 4.78 is 6.19. The topological polar surface area (TPSA) is 140 Å². The smallest absolute Gasteiger partial charge is 0.404 e. The largest absolute Gasteiger partial charge is 0.465 e. The summed E-state index contributed by atoms with van der Waals surface area (Å²) in [6.45, 7) is 5.82. The molecule has 11 nitrogen and oxygen atoms in total. The number of pyridine rings is 2. The highest BCUT2D eigenvalue weighted by molar-refractivity contribution is 6.35. The predicted molar refractivity (Wildman–Crippen MR) is 168 cm³/mol. The SMILES string of the molecule is CC(=O)NCC1CCN(Cc2cc(Oc3ccc(N4C[C@H](CNC(=O)O)[C@@H](O)C4)nc3)nc(-c3cc(Cl)cc(Cl)c3)c2)CC1. The second kappa shape index (κ2) is 14.4. The van der Waals surface area contributed by atoms with Crippen molar-refractivity contribution in [1.29, 1.82) is 0 Å². The fourth-order valence-corrected chi connectivity index (χ4v) is 6.17. The number of piperidine rings is 1. The van der Waals surface area contributed by atoms with Gasteiger partial charge in [-0.25, -0.2) is 14.8 Å². The summed E-state index contributed by atoms with van der Waals surface area (Å²) in [5.74, 6) is 1.81. The first-order chi connectivity index (χ1) is 21.1. The standard InChI is InChI=1S/C31H36Cl2N6O5/c1-19(40)34-13-20-4-6-38(7-5-20)16-21-8-27(22-10-24(32)12-25(33)11-22)37-30(9-21)44-26-2-3-29(35-15-26)39-17-23(28(41)18-39)14-36-31(42)43/h2-3,8-12,15,20,23,28,36,41H,4-7,13-14,16-18H2,1H3,(H,34,40)(H,42,43)/t23-,28-/m0/s1. The van der Waals surface area contributed by atoms with E-state index in [9.17, 15) is 14.7 Å². The molecule has 4 N–H and O–H groups in total. The van der Waals surface area contributed by atoms with Gasteiger partial charge in [0.2, 0.25) is 11.8 Å². The van der Waals surface area contributed by atoms with Crippen LogP contribution < -0.4 is 20.3 Å². The number of benzene rings is 1. The summed E-state index contributed by atoms with van der Waals surface area (Å²) in [6.07, 6.45) is 1.85. The molecule has 2 aliphatic heterocycles. The fraction of sp³-hybridized carbons (Fsp3) is 0.419. The van der Waals surface area contributed by atoms with Gasteiger partial charge in [-0.1, -0.05) is 23.2 Å². The average Bonchev–Trinajstić information content (AvgIpc) is 3.35. The third-order valence-electron chi connectivity index (χ3n) is 7.96. The Morgan fingerprint density at radius 1 is 1.02 bits per heavy atom. The Labute approximate surface area is 266 Å². The lowest BCUT2D eigenvalue weighted by Crippen LogP contribution is -2.37. The van der Waals surface area contributed by atoms with Crippen LogP contribution in [0.3, 0.4) is 0 Å². The number of nitrogens with zero attached hydrogens (tertiary/aromatic N) is 4. The van der Waals surface area contributed by atoms with Crippen LogP contribution in [0, 0.1) is 11.8 Å². The first-order valence-corrected chi connectivity index (χ1v) is 15.3. The quantitative estimate of drug-likeness (QED) is 0.249. The van der Waals surface area contributed by atoms with Gasteiger partial charge in [-0.05, 0) is 73.8 Å². The molecule has 5 rings (SSSR count). The van der Waals surface area contributed by atoms with Gasteiger partial charge in [0.15, 0.2) is 0 Å². The number of likely N-dealkylation sites (tertiary alicyclic amines) is 1. The summed E-state index contributed by atoms with van der Waals surface area (Å²) in [5.41, 5.74) is 2.48. The number of amides is 2. The van der Waals surface area contributed by atoms with E-state index in [1.165, 1.54) is 0 Å². The average molecular weight is 644 g/mol. The number of aliphatic hydroxyl groups is 1. The third kappa shape index (κ3) is 8.72. The van der Waals surface area contributed by atoms with Gasteiger partial charge >= 0.3 is 6.09 Å². The number of hydrogen-bond acceptors (Lipinski definition) is 8. The molecule has 2 atom stereocenters. The Hall–Kier alpha value is -3.64. The van der Waals surface area contributed by atoms with Gasteiger partial charge in [-0.15, -0.1) is 0 Å². The fourth-order valence-electron chi connectivity index (χ4n) is 5.65. The minimum absolute atomic E-state index is 0.00393. The van der Waals surface area contributed by atoms with E-state index in [2.05, 4.69) is 20.5 Å². The van der Waals surface area contributed by atoms with Crippen molar-refractivity contribution >= 4 is 41.0 Å². The minimum Gasteiger partial charge on any atom is -0.465 e. The predicted octanol–water partition coefficient (Wildman–Crippen LogP) is 4.66. The number of halogens is 2. The number of nitrogens with one attached hydrogen (secondary N) is 2. The van der Waals surface area contributed by atoms with Crippen LogP contribution in [0.1, 0.15) is 25.3 Å². The van der Waals surface area contributed by atoms with Crippen LogP contribution in [0.2, 0.25) is 10.0 Å². The van der Waals surface area contributed by atoms with Gasteiger partial charge in [0.1, 0.15) is 11.6 Å². The normalized spacial score (nSPS) is 19.1. The number of aliphatic hydroxyl groups excluding tert-OH is 1. The number of anilines is 1. The van der Waals surface area contributed by atoms with Gasteiger partial charge in [0, 0.05) is 67.2 Å². The van der Waals surface area contributed by atoms with Crippen LogP contribution in [0.15, 0.2) is 48.7 Å². The Morgan fingerprint density at radius 2 is 1.77 bits per heavy atom. The second-order valence-corrected chi connectivity index (χ2v) is 12.3. The maximum Gasteiger partial charge on any atom is 0.404 e. The molecule has 44 heavy (non-hydrogen) atoms. The van der Waals surface area contributed by atoms with Crippen molar-refractivity contribution < 1.29 is 24.5 Å². The zero-order valence-corrected chi connectivity index (χ0v) is 25.9. The number of β-amino-alcohol motifs (C(OH)–C–C–N with tert-alkyl or cyclic N) is 1. The van der Waals surface area contributed by atoms with E-state index >= 15 is 0 Å². The van der Waals surface area contributed by atoms with Crippen LogP contribution in [-0.2, 0) is 11.3 Å². The summed E-state index contributed by atoms with van der Waals surface area (Å²) >= 11 is 12.6. The molecule has 2 aliphatic rings. The lowest BCUT2D eigenvalue weighted by atomic mass is 9.96. The van der Waals surface area contributed by atoms with Gasteiger partial charge < -0.3 is 30.5 Å². The van der Waals surface area contributed by atoms with Crippen LogP contribution in [-0.4, -0.2) is 82.5 Å². The molecule has 0 saturated carbocycles. The van der Waals surface area contributed by atoms with Gasteiger partial charge in [-0.2, -0.15) is 0 Å². The Balaban J connectivity index is 1.30. The summed E-state index contributed by atoms with van der Waals surface area (Å²) in [5, 5.41) is 25.5. The molecule has 2 fully saturated rings. The Bertz CT molecular complexity index is 1450. The van der Waals surface area contributed by atoms with E-state index in [0.29, 0.717) is 65.3 Å². The number of hydrogen-bond donors (Lipinski definition) is 4. The molecule has 0 spiro atoms. The summed E-state index contributed by atoms with van der Waals surface area (Å²) in [6, 6.07) is 12.9. The third-order valence-corrected chi connectivity index (χ3v) is 8.40. The van der Waals surface area contributed by atoms with Crippen molar-refractivity contribution in [2.45, 2.75) is 32.4 Å². The van der Waals surface area contributed by atoms with Crippen LogP contribution in [0.25, 0.3) is 11.3 Å². The number of rotatable bonds is 10. The highest BCUT2D eigenvalue weighted by Gasteiger charge is 2.32. The number of aromatic nitrogens is 2. The number of carbonyl (C=O) groups is 2. The van der Waals surface area contributed by atoms with Crippen molar-refractivity contribution in [3.63, 3.8) is 0 Å². The van der Waals surface area contributed by atoms with E-state index < -0.39 is 12.2 Å². The monoisotopic (exact) mass is 642 g/mol. The minimum atomic E-state index is -1.11. The number of carbonyl (C=O) groups excluding carboxylic acids is 1.